The molecule has 1 amide bonds. The van der Waals surface area contributed by atoms with Crippen LogP contribution >= 0.6 is 11.8 Å². The summed E-state index contributed by atoms with van der Waals surface area (Å²) in [7, 11) is -3.81. The standard InChI is InChI=1S/C19H19NO6S2/c1-13-2-8-16(9-3-13)28(23,24)26-11-10-25-15-6-4-14(5-7-15)12-17-18(21)27-19(22)20-17/h2-9,17H,10-12H2,1H3,(H,20,22). The summed E-state index contributed by atoms with van der Waals surface area (Å²) in [5.41, 5.74) is 1.84. The van der Waals surface area contributed by atoms with E-state index in [9.17, 15) is 18.0 Å². The molecule has 0 spiro atoms. The van der Waals surface area contributed by atoms with Crippen molar-refractivity contribution in [2.75, 3.05) is 13.2 Å². The van der Waals surface area contributed by atoms with Crippen molar-refractivity contribution >= 4 is 32.2 Å². The van der Waals surface area contributed by atoms with Crippen LogP contribution in [0.4, 0.5) is 4.79 Å². The SMILES string of the molecule is Cc1ccc(S(=O)(=O)OCCOc2ccc(CC3NC(=O)SC3=O)cc2)cc1. The fourth-order valence-corrected chi connectivity index (χ4v) is 4.12. The van der Waals surface area contributed by atoms with Crippen molar-refractivity contribution in [1.29, 1.82) is 0 Å². The van der Waals surface area contributed by atoms with Gasteiger partial charge in [-0.2, -0.15) is 8.42 Å². The Labute approximate surface area is 167 Å². The summed E-state index contributed by atoms with van der Waals surface area (Å²) < 4.78 is 34.6. The molecule has 0 aromatic heterocycles. The molecule has 2 aromatic carbocycles. The smallest absolute Gasteiger partial charge is 0.297 e. The van der Waals surface area contributed by atoms with Gasteiger partial charge in [0.1, 0.15) is 25.0 Å². The van der Waals surface area contributed by atoms with Gasteiger partial charge in [0.15, 0.2) is 0 Å². The summed E-state index contributed by atoms with van der Waals surface area (Å²) >= 11 is 0.689. The number of benzene rings is 2. The molecule has 2 aromatic rings. The van der Waals surface area contributed by atoms with Crippen LogP contribution in [0, 0.1) is 6.92 Å². The van der Waals surface area contributed by atoms with Crippen LogP contribution in [0.1, 0.15) is 11.1 Å². The third kappa shape index (κ3) is 5.34. The molecule has 28 heavy (non-hydrogen) atoms. The molecule has 1 aliphatic rings. The Bertz CT molecular complexity index is 955. The number of rotatable bonds is 8. The Morgan fingerprint density at radius 1 is 1.00 bits per heavy atom. The normalized spacial score (nSPS) is 16.8. The molecule has 148 valence electrons. The van der Waals surface area contributed by atoms with E-state index >= 15 is 0 Å². The van der Waals surface area contributed by atoms with Crippen LogP contribution in [-0.2, 0) is 25.5 Å². The van der Waals surface area contributed by atoms with Gasteiger partial charge in [-0.3, -0.25) is 13.8 Å². The molecule has 1 heterocycles. The highest BCUT2D eigenvalue weighted by Crippen LogP contribution is 2.20. The van der Waals surface area contributed by atoms with Gasteiger partial charge < -0.3 is 10.1 Å². The van der Waals surface area contributed by atoms with Gasteiger partial charge in [-0.05, 0) is 36.8 Å². The van der Waals surface area contributed by atoms with E-state index < -0.39 is 16.2 Å². The quantitative estimate of drug-likeness (QED) is 0.517. The second-order valence-electron chi connectivity index (χ2n) is 6.19. The molecule has 1 saturated heterocycles. The Morgan fingerprint density at radius 3 is 2.29 bits per heavy atom. The highest BCUT2D eigenvalue weighted by molar-refractivity contribution is 8.26. The number of hydrogen-bond donors (Lipinski definition) is 1. The number of carbonyl (C=O) groups is 2. The van der Waals surface area contributed by atoms with Crippen molar-refractivity contribution in [3.63, 3.8) is 0 Å². The first-order valence-corrected chi connectivity index (χ1v) is 10.8. The molecule has 1 N–H and O–H groups in total. The molecule has 0 saturated carbocycles. The summed E-state index contributed by atoms with van der Waals surface area (Å²) in [6.07, 6.45) is 0.412. The van der Waals surface area contributed by atoms with E-state index in [1.807, 2.05) is 6.92 Å². The van der Waals surface area contributed by atoms with E-state index in [-0.39, 0.29) is 28.5 Å². The van der Waals surface area contributed by atoms with Crippen LogP contribution in [0.25, 0.3) is 0 Å². The average molecular weight is 421 g/mol. The van der Waals surface area contributed by atoms with Gasteiger partial charge in [-0.15, -0.1) is 0 Å². The third-order valence-electron chi connectivity index (χ3n) is 4.03. The lowest BCUT2D eigenvalue weighted by Gasteiger charge is -2.10. The van der Waals surface area contributed by atoms with Crippen LogP contribution in [0.3, 0.4) is 0 Å². The van der Waals surface area contributed by atoms with E-state index in [4.69, 9.17) is 8.92 Å². The lowest BCUT2D eigenvalue weighted by Crippen LogP contribution is -2.30. The number of ether oxygens (including phenoxy) is 1. The van der Waals surface area contributed by atoms with Gasteiger partial charge in [0.2, 0.25) is 5.12 Å². The zero-order chi connectivity index (χ0) is 20.1. The summed E-state index contributed by atoms with van der Waals surface area (Å²) in [5, 5.41) is 2.10. The Kier molecular flexibility index (Phi) is 6.38. The third-order valence-corrected chi connectivity index (χ3v) is 6.15. The molecule has 1 aliphatic heterocycles. The van der Waals surface area contributed by atoms with Crippen molar-refractivity contribution in [3.05, 3.63) is 59.7 Å². The number of aryl methyl sites for hydroxylation is 1. The van der Waals surface area contributed by atoms with Crippen LogP contribution in [0.5, 0.6) is 5.75 Å². The Balaban J connectivity index is 1.45. The minimum Gasteiger partial charge on any atom is -0.491 e. The highest BCUT2D eigenvalue weighted by Gasteiger charge is 2.31. The van der Waals surface area contributed by atoms with Gasteiger partial charge in [0.05, 0.1) is 4.90 Å². The Hall–Kier alpha value is -2.36. The van der Waals surface area contributed by atoms with Gasteiger partial charge in [0.25, 0.3) is 15.4 Å². The second-order valence-corrected chi connectivity index (χ2v) is 8.78. The largest absolute Gasteiger partial charge is 0.491 e. The predicted molar refractivity (Wildman–Crippen MR) is 105 cm³/mol. The topological polar surface area (TPSA) is 98.8 Å². The van der Waals surface area contributed by atoms with E-state index in [0.717, 1.165) is 11.1 Å². The van der Waals surface area contributed by atoms with E-state index in [1.54, 1.807) is 36.4 Å². The van der Waals surface area contributed by atoms with Gasteiger partial charge in [0, 0.05) is 18.2 Å². The first-order chi connectivity index (χ1) is 13.3. The molecule has 1 fully saturated rings. The van der Waals surface area contributed by atoms with Crippen molar-refractivity contribution in [2.24, 2.45) is 0 Å². The molecule has 0 bridgehead atoms. The van der Waals surface area contributed by atoms with E-state index in [1.165, 1.54) is 12.1 Å². The second kappa shape index (κ2) is 8.76. The lowest BCUT2D eigenvalue weighted by atomic mass is 10.1. The van der Waals surface area contributed by atoms with Crippen LogP contribution < -0.4 is 10.1 Å². The van der Waals surface area contributed by atoms with Crippen molar-refractivity contribution in [3.8, 4) is 5.75 Å². The number of hydrogen-bond acceptors (Lipinski definition) is 7. The maximum atomic E-state index is 12.1. The lowest BCUT2D eigenvalue weighted by molar-refractivity contribution is -0.112. The minimum atomic E-state index is -3.81. The zero-order valence-electron chi connectivity index (χ0n) is 15.1. The summed E-state index contributed by atoms with van der Waals surface area (Å²) in [6, 6.07) is 12.9. The molecule has 7 nitrogen and oxygen atoms in total. The number of nitrogens with one attached hydrogen (secondary N) is 1. The molecule has 1 unspecified atom stereocenters. The Morgan fingerprint density at radius 2 is 1.68 bits per heavy atom. The van der Waals surface area contributed by atoms with Gasteiger partial charge >= 0.3 is 0 Å². The van der Waals surface area contributed by atoms with Crippen LogP contribution in [-0.4, -0.2) is 38.0 Å². The highest BCUT2D eigenvalue weighted by atomic mass is 32.2. The fourth-order valence-electron chi connectivity index (χ4n) is 2.56. The van der Waals surface area contributed by atoms with Crippen LogP contribution in [0.15, 0.2) is 53.4 Å². The molecule has 9 heteroatoms. The van der Waals surface area contributed by atoms with Crippen molar-refractivity contribution < 1.29 is 26.9 Å². The zero-order valence-corrected chi connectivity index (χ0v) is 16.7. The van der Waals surface area contributed by atoms with Gasteiger partial charge in [-0.1, -0.05) is 29.8 Å². The molecular formula is C19H19NO6S2. The minimum absolute atomic E-state index is 0.0677. The summed E-state index contributed by atoms with van der Waals surface area (Å²) in [6.45, 7) is 1.83. The maximum absolute atomic E-state index is 12.1. The van der Waals surface area contributed by atoms with Crippen molar-refractivity contribution in [1.82, 2.24) is 5.32 Å². The van der Waals surface area contributed by atoms with E-state index in [2.05, 4.69) is 5.32 Å². The maximum Gasteiger partial charge on any atom is 0.297 e. The first kappa shape index (κ1) is 20.4. The number of amides is 1. The van der Waals surface area contributed by atoms with Crippen LogP contribution in [0.2, 0.25) is 0 Å². The predicted octanol–water partition coefficient (Wildman–Crippen LogP) is 2.67. The molecule has 1 atom stereocenters. The first-order valence-electron chi connectivity index (χ1n) is 8.53. The summed E-state index contributed by atoms with van der Waals surface area (Å²) in [5.74, 6) is 0.552. The number of thioether (sulfide) groups is 1. The average Bonchev–Trinajstić information content (AvgIpc) is 2.97. The summed E-state index contributed by atoms with van der Waals surface area (Å²) in [4.78, 5) is 22.9. The van der Waals surface area contributed by atoms with Crippen molar-refractivity contribution in [2.45, 2.75) is 24.3 Å². The number of carbonyl (C=O) groups excluding carboxylic acids is 2. The fraction of sp³-hybridized carbons (Fsp3) is 0.263. The molecule has 3 rings (SSSR count). The van der Waals surface area contributed by atoms with E-state index in [0.29, 0.717) is 23.9 Å². The molecular weight excluding hydrogens is 402 g/mol. The molecule has 0 aliphatic carbocycles. The van der Waals surface area contributed by atoms with Gasteiger partial charge in [-0.25, -0.2) is 0 Å². The monoisotopic (exact) mass is 421 g/mol. The molecule has 0 radical (unpaired) electrons.